The first-order valence-electron chi connectivity index (χ1n) is 5.18. The van der Waals surface area contributed by atoms with Crippen molar-refractivity contribution < 1.29 is 14.6 Å². The molecule has 1 aliphatic heterocycles. The molecular weight excluding hydrogens is 224 g/mol. The van der Waals surface area contributed by atoms with Gasteiger partial charge in [-0.15, -0.1) is 0 Å². The smallest absolute Gasteiger partial charge is 0.341 e. The number of hydrogen-bond acceptors (Lipinski definition) is 5. The number of nitrogens with zero attached hydrogens (tertiary/aromatic N) is 3. The summed E-state index contributed by atoms with van der Waals surface area (Å²) in [6, 6.07) is 1.91. The number of aromatic carboxylic acids is 1. The minimum Gasteiger partial charge on any atom is -0.477 e. The molecular formula is C10H12N4O3. The molecule has 0 aliphatic carbocycles. The average Bonchev–Trinajstić information content (AvgIpc) is 2.71. The van der Waals surface area contributed by atoms with E-state index >= 15 is 0 Å². The zero-order valence-electron chi connectivity index (χ0n) is 9.04. The highest BCUT2D eigenvalue weighted by Gasteiger charge is 2.29. The fourth-order valence-corrected chi connectivity index (χ4v) is 1.87. The third kappa shape index (κ3) is 2.07. The fraction of sp³-hybridized carbons (Fsp3) is 0.500. The average molecular weight is 236 g/mol. The van der Waals surface area contributed by atoms with E-state index in [-0.39, 0.29) is 23.3 Å². The van der Waals surface area contributed by atoms with Crippen molar-refractivity contribution in [3.8, 4) is 6.07 Å². The number of anilines is 1. The number of nitriles is 1. The zero-order chi connectivity index (χ0) is 12.4. The van der Waals surface area contributed by atoms with Gasteiger partial charge in [-0.2, -0.15) is 10.4 Å². The molecule has 0 saturated carbocycles. The van der Waals surface area contributed by atoms with Crippen molar-refractivity contribution in [2.75, 3.05) is 18.9 Å². The normalized spacial score (nSPS) is 24.2. The maximum atomic E-state index is 10.8. The summed E-state index contributed by atoms with van der Waals surface area (Å²) in [6.45, 7) is 0.885. The van der Waals surface area contributed by atoms with E-state index in [1.807, 2.05) is 0 Å². The Morgan fingerprint density at radius 1 is 1.76 bits per heavy atom. The first-order chi connectivity index (χ1) is 8.13. The van der Waals surface area contributed by atoms with Crippen LogP contribution in [-0.2, 0) is 4.74 Å². The molecule has 0 spiro atoms. The van der Waals surface area contributed by atoms with Crippen molar-refractivity contribution in [2.45, 2.75) is 12.5 Å². The predicted octanol–water partition coefficient (Wildman–Crippen LogP) is 0.265. The Morgan fingerprint density at radius 3 is 3.12 bits per heavy atom. The molecule has 1 fully saturated rings. The summed E-state index contributed by atoms with van der Waals surface area (Å²) in [4.78, 5) is 10.8. The van der Waals surface area contributed by atoms with Crippen molar-refractivity contribution in [1.82, 2.24) is 9.78 Å². The molecule has 0 bridgehead atoms. The van der Waals surface area contributed by atoms with Gasteiger partial charge in [-0.1, -0.05) is 0 Å². The Hall–Kier alpha value is -2.07. The number of rotatable bonds is 2. The second kappa shape index (κ2) is 4.43. The molecule has 2 atom stereocenters. The van der Waals surface area contributed by atoms with Gasteiger partial charge in [0.15, 0.2) is 5.82 Å². The summed E-state index contributed by atoms with van der Waals surface area (Å²) in [5.74, 6) is -1.40. The molecule has 7 heteroatoms. The Morgan fingerprint density at radius 2 is 2.53 bits per heavy atom. The van der Waals surface area contributed by atoms with Crippen LogP contribution in [0.1, 0.15) is 22.8 Å². The summed E-state index contributed by atoms with van der Waals surface area (Å²) in [5.41, 5.74) is 5.45. The first-order valence-corrected chi connectivity index (χ1v) is 5.18. The van der Waals surface area contributed by atoms with Crippen LogP contribution in [0.2, 0.25) is 0 Å². The van der Waals surface area contributed by atoms with Crippen LogP contribution >= 0.6 is 0 Å². The highest BCUT2D eigenvalue weighted by molar-refractivity contribution is 5.92. The van der Waals surface area contributed by atoms with Gasteiger partial charge in [-0.3, -0.25) is 4.68 Å². The summed E-state index contributed by atoms with van der Waals surface area (Å²) < 4.78 is 6.70. The van der Waals surface area contributed by atoms with Crippen molar-refractivity contribution >= 4 is 11.8 Å². The number of carbonyl (C=O) groups is 1. The number of nitrogens with two attached hydrogens (primary N) is 1. The Balaban J connectivity index is 2.30. The van der Waals surface area contributed by atoms with E-state index in [0.717, 1.165) is 0 Å². The predicted molar refractivity (Wildman–Crippen MR) is 57.2 cm³/mol. The molecule has 3 N–H and O–H groups in total. The van der Waals surface area contributed by atoms with Crippen molar-refractivity contribution in [1.29, 1.82) is 5.26 Å². The minimum atomic E-state index is -1.13. The van der Waals surface area contributed by atoms with Crippen molar-refractivity contribution in [3.05, 3.63) is 11.8 Å². The van der Waals surface area contributed by atoms with Crippen LogP contribution in [0.4, 0.5) is 5.82 Å². The first kappa shape index (κ1) is 11.4. The van der Waals surface area contributed by atoms with Crippen LogP contribution in [0.25, 0.3) is 0 Å². The van der Waals surface area contributed by atoms with E-state index in [2.05, 4.69) is 11.2 Å². The van der Waals surface area contributed by atoms with E-state index in [0.29, 0.717) is 19.6 Å². The molecule has 1 saturated heterocycles. The van der Waals surface area contributed by atoms with E-state index < -0.39 is 5.97 Å². The van der Waals surface area contributed by atoms with Crippen LogP contribution in [0.15, 0.2) is 6.20 Å². The van der Waals surface area contributed by atoms with Crippen LogP contribution in [-0.4, -0.2) is 34.1 Å². The second-order valence-corrected chi connectivity index (χ2v) is 3.88. The largest absolute Gasteiger partial charge is 0.477 e. The lowest BCUT2D eigenvalue weighted by Gasteiger charge is -2.26. The standard InChI is InChI=1S/C10H12N4O3/c11-3-6-1-2-17-5-8(6)14-4-7(10(15)16)9(12)13-14/h4,6,8H,1-2,5H2,(H2,12,13)(H,15,16)/t6-,8+/m1/s1. The molecule has 17 heavy (non-hydrogen) atoms. The van der Waals surface area contributed by atoms with Gasteiger partial charge in [-0.05, 0) is 6.42 Å². The number of nitrogen functional groups attached to an aromatic ring is 1. The van der Waals surface area contributed by atoms with Gasteiger partial charge in [0.05, 0.1) is 24.6 Å². The third-order valence-corrected chi connectivity index (χ3v) is 2.82. The maximum absolute atomic E-state index is 10.8. The number of aromatic nitrogens is 2. The molecule has 90 valence electrons. The molecule has 2 heterocycles. The van der Waals surface area contributed by atoms with E-state index in [1.165, 1.54) is 10.9 Å². The number of hydrogen-bond donors (Lipinski definition) is 2. The molecule has 1 aliphatic rings. The van der Waals surface area contributed by atoms with E-state index in [9.17, 15) is 4.79 Å². The molecule has 0 amide bonds. The topological polar surface area (TPSA) is 114 Å². The van der Waals surface area contributed by atoms with Crippen LogP contribution < -0.4 is 5.73 Å². The fourth-order valence-electron chi connectivity index (χ4n) is 1.87. The summed E-state index contributed by atoms with van der Waals surface area (Å²) in [6.07, 6.45) is 1.96. The van der Waals surface area contributed by atoms with E-state index in [1.54, 1.807) is 0 Å². The van der Waals surface area contributed by atoms with Gasteiger partial charge in [0.25, 0.3) is 0 Å². The van der Waals surface area contributed by atoms with Crippen molar-refractivity contribution in [3.63, 3.8) is 0 Å². The lowest BCUT2D eigenvalue weighted by Crippen LogP contribution is -2.29. The minimum absolute atomic E-state index is 0.0419. The highest BCUT2D eigenvalue weighted by atomic mass is 16.5. The summed E-state index contributed by atoms with van der Waals surface area (Å²) in [7, 11) is 0. The second-order valence-electron chi connectivity index (χ2n) is 3.88. The summed E-state index contributed by atoms with van der Waals surface area (Å²) in [5, 5.41) is 21.8. The number of carboxylic acids is 1. The SMILES string of the molecule is N#C[C@H]1CCOC[C@@H]1n1cc(C(=O)O)c(N)n1. The van der Waals surface area contributed by atoms with Gasteiger partial charge < -0.3 is 15.6 Å². The van der Waals surface area contributed by atoms with Crippen molar-refractivity contribution in [2.24, 2.45) is 5.92 Å². The Bertz CT molecular complexity index is 476. The van der Waals surface area contributed by atoms with Gasteiger partial charge in [-0.25, -0.2) is 4.79 Å². The molecule has 0 aromatic carbocycles. The Kier molecular flexibility index (Phi) is 2.97. The third-order valence-electron chi connectivity index (χ3n) is 2.82. The number of ether oxygens (including phenoxy) is 1. The molecule has 1 aromatic rings. The highest BCUT2D eigenvalue weighted by Crippen LogP contribution is 2.26. The quantitative estimate of drug-likeness (QED) is 0.761. The molecule has 2 rings (SSSR count). The zero-order valence-corrected chi connectivity index (χ0v) is 9.04. The lowest BCUT2D eigenvalue weighted by molar-refractivity contribution is 0.0341. The van der Waals surface area contributed by atoms with Gasteiger partial charge in [0.1, 0.15) is 5.56 Å². The molecule has 0 radical (unpaired) electrons. The summed E-state index contributed by atoms with van der Waals surface area (Å²) >= 11 is 0. The monoisotopic (exact) mass is 236 g/mol. The lowest BCUT2D eigenvalue weighted by atomic mass is 9.97. The van der Waals surface area contributed by atoms with Gasteiger partial charge >= 0.3 is 5.97 Å². The van der Waals surface area contributed by atoms with Gasteiger partial charge in [0.2, 0.25) is 0 Å². The molecule has 0 unspecified atom stereocenters. The Labute approximate surface area is 97.4 Å². The van der Waals surface area contributed by atoms with Crippen LogP contribution in [0.5, 0.6) is 0 Å². The van der Waals surface area contributed by atoms with Gasteiger partial charge in [0, 0.05) is 12.8 Å². The maximum Gasteiger partial charge on any atom is 0.341 e. The van der Waals surface area contributed by atoms with E-state index in [4.69, 9.17) is 20.8 Å². The van der Waals surface area contributed by atoms with Crippen LogP contribution in [0.3, 0.4) is 0 Å². The number of carboxylic acid groups (broad SMARTS) is 1. The van der Waals surface area contributed by atoms with Crippen LogP contribution in [0, 0.1) is 17.2 Å². The molecule has 7 nitrogen and oxygen atoms in total. The molecule has 1 aromatic heterocycles.